The lowest BCUT2D eigenvalue weighted by molar-refractivity contribution is -0.115. The van der Waals surface area contributed by atoms with Crippen LogP contribution in [-0.2, 0) is 4.79 Å². The molecule has 0 saturated heterocycles. The third-order valence-corrected chi connectivity index (χ3v) is 1.20. The van der Waals surface area contributed by atoms with Crippen LogP contribution in [-0.4, -0.2) is 30.6 Å². The highest BCUT2D eigenvalue weighted by atomic mass is 16.1. The fourth-order valence-corrected chi connectivity index (χ4v) is 0.801. The van der Waals surface area contributed by atoms with Gasteiger partial charge in [0.25, 0.3) is 0 Å². The second kappa shape index (κ2) is 4.88. The molecule has 0 unspecified atom stereocenters. The summed E-state index contributed by atoms with van der Waals surface area (Å²) in [6.07, 6.45) is 1.33. The van der Waals surface area contributed by atoms with Gasteiger partial charge in [-0.15, -0.1) is 0 Å². The molecule has 0 saturated carbocycles. The first-order chi connectivity index (χ1) is 5.06. The third kappa shape index (κ3) is 5.58. The van der Waals surface area contributed by atoms with Crippen molar-refractivity contribution in [1.29, 1.82) is 0 Å². The lowest BCUT2D eigenvalue weighted by Crippen LogP contribution is -2.10. The summed E-state index contributed by atoms with van der Waals surface area (Å²) in [4.78, 5) is 10.7. The summed E-state index contributed by atoms with van der Waals surface area (Å²) in [6, 6.07) is 0. The Balaban J connectivity index is 4.05. The molecule has 3 heteroatoms. The van der Waals surface area contributed by atoms with E-state index in [4.69, 9.17) is 0 Å². The molecule has 0 aliphatic heterocycles. The maximum absolute atomic E-state index is 10.7. The SMILES string of the molecule is CCC(CC(C)=O)=NN(C)C. The number of carbonyl (C=O) groups excluding carboxylic acids is 1. The number of hydrogen-bond acceptors (Lipinski definition) is 3. The van der Waals surface area contributed by atoms with E-state index >= 15 is 0 Å². The predicted molar refractivity (Wildman–Crippen MR) is 46.7 cm³/mol. The van der Waals surface area contributed by atoms with Crippen LogP contribution in [0.1, 0.15) is 26.7 Å². The number of hydrogen-bond donors (Lipinski definition) is 0. The van der Waals surface area contributed by atoms with Gasteiger partial charge in [-0.2, -0.15) is 5.10 Å². The minimum Gasteiger partial charge on any atom is -0.303 e. The molecule has 11 heavy (non-hydrogen) atoms. The molecule has 0 aromatic carbocycles. The summed E-state index contributed by atoms with van der Waals surface area (Å²) in [6.45, 7) is 3.59. The van der Waals surface area contributed by atoms with Gasteiger partial charge in [-0.05, 0) is 13.3 Å². The highest BCUT2D eigenvalue weighted by Gasteiger charge is 2.00. The van der Waals surface area contributed by atoms with E-state index in [1.165, 1.54) is 0 Å². The van der Waals surface area contributed by atoms with Gasteiger partial charge < -0.3 is 5.01 Å². The van der Waals surface area contributed by atoms with Crippen LogP contribution in [0.4, 0.5) is 0 Å². The summed E-state index contributed by atoms with van der Waals surface area (Å²) in [5.41, 5.74) is 0.947. The summed E-state index contributed by atoms with van der Waals surface area (Å²) in [5, 5.41) is 5.89. The molecule has 0 heterocycles. The molecule has 0 fully saturated rings. The molecule has 0 atom stereocenters. The van der Waals surface area contributed by atoms with E-state index in [0.717, 1.165) is 12.1 Å². The second-order valence-electron chi connectivity index (χ2n) is 2.75. The average molecular weight is 156 g/mol. The van der Waals surface area contributed by atoms with Crippen molar-refractivity contribution in [3.05, 3.63) is 0 Å². The van der Waals surface area contributed by atoms with Crippen LogP contribution in [0.25, 0.3) is 0 Å². The van der Waals surface area contributed by atoms with Gasteiger partial charge >= 0.3 is 0 Å². The molecule has 0 aliphatic carbocycles. The van der Waals surface area contributed by atoms with Gasteiger partial charge in [0.15, 0.2) is 0 Å². The van der Waals surface area contributed by atoms with Crippen LogP contribution in [0.15, 0.2) is 5.10 Å². The molecule has 0 aromatic rings. The quantitative estimate of drug-likeness (QED) is 0.454. The zero-order valence-electron chi connectivity index (χ0n) is 7.72. The maximum atomic E-state index is 10.7. The van der Waals surface area contributed by atoms with Gasteiger partial charge in [0, 0.05) is 26.2 Å². The van der Waals surface area contributed by atoms with Crippen LogP contribution in [0, 0.1) is 0 Å². The maximum Gasteiger partial charge on any atom is 0.135 e. The fraction of sp³-hybridized carbons (Fsp3) is 0.750. The molecule has 3 nitrogen and oxygen atoms in total. The van der Waals surface area contributed by atoms with Crippen LogP contribution in [0.5, 0.6) is 0 Å². The van der Waals surface area contributed by atoms with Crippen LogP contribution < -0.4 is 0 Å². The summed E-state index contributed by atoms with van der Waals surface area (Å²) in [5.74, 6) is 0.174. The van der Waals surface area contributed by atoms with Crippen molar-refractivity contribution in [3.8, 4) is 0 Å². The van der Waals surface area contributed by atoms with E-state index < -0.39 is 0 Å². The van der Waals surface area contributed by atoms with Crippen molar-refractivity contribution < 1.29 is 4.79 Å². The van der Waals surface area contributed by atoms with E-state index in [2.05, 4.69) is 5.10 Å². The van der Waals surface area contributed by atoms with Gasteiger partial charge in [-0.25, -0.2) is 0 Å². The molecule has 0 spiro atoms. The van der Waals surface area contributed by atoms with Crippen molar-refractivity contribution >= 4 is 11.5 Å². The number of ketones is 1. The monoisotopic (exact) mass is 156 g/mol. The van der Waals surface area contributed by atoms with Crippen LogP contribution in [0.3, 0.4) is 0 Å². The summed E-state index contributed by atoms with van der Waals surface area (Å²) >= 11 is 0. The number of nitrogens with zero attached hydrogens (tertiary/aromatic N) is 2. The number of carbonyl (C=O) groups is 1. The first-order valence-electron chi connectivity index (χ1n) is 3.79. The number of rotatable bonds is 4. The molecule has 0 rings (SSSR count). The fourth-order valence-electron chi connectivity index (χ4n) is 0.801. The Morgan fingerprint density at radius 1 is 1.45 bits per heavy atom. The van der Waals surface area contributed by atoms with Crippen molar-refractivity contribution in [2.24, 2.45) is 5.10 Å². The van der Waals surface area contributed by atoms with Gasteiger partial charge in [0.2, 0.25) is 0 Å². The molecule has 64 valence electrons. The molecule has 0 aliphatic rings. The molecular weight excluding hydrogens is 140 g/mol. The number of Topliss-reactive ketones (excluding diaryl/α,β-unsaturated/α-hetero) is 1. The van der Waals surface area contributed by atoms with Crippen LogP contribution in [0.2, 0.25) is 0 Å². The lowest BCUT2D eigenvalue weighted by atomic mass is 10.2. The molecule has 0 radical (unpaired) electrons. The smallest absolute Gasteiger partial charge is 0.135 e. The lowest BCUT2D eigenvalue weighted by Gasteiger charge is -2.07. The third-order valence-electron chi connectivity index (χ3n) is 1.20. The Labute approximate surface area is 68.1 Å². The van der Waals surface area contributed by atoms with E-state index in [-0.39, 0.29) is 5.78 Å². The normalized spacial score (nSPS) is 11.5. The van der Waals surface area contributed by atoms with Gasteiger partial charge in [-0.3, -0.25) is 4.79 Å². The Hall–Kier alpha value is -0.860. The minimum atomic E-state index is 0.174. The highest BCUT2D eigenvalue weighted by molar-refractivity contribution is 6.00. The summed E-state index contributed by atoms with van der Waals surface area (Å²) < 4.78 is 0. The highest BCUT2D eigenvalue weighted by Crippen LogP contribution is 1.95. The van der Waals surface area contributed by atoms with Crippen molar-refractivity contribution in [2.45, 2.75) is 26.7 Å². The first kappa shape index (κ1) is 10.1. The van der Waals surface area contributed by atoms with Crippen molar-refractivity contribution in [2.75, 3.05) is 14.1 Å². The molecular formula is C8H16N2O. The Morgan fingerprint density at radius 2 is 2.00 bits per heavy atom. The van der Waals surface area contributed by atoms with Gasteiger partial charge in [0.05, 0.1) is 0 Å². The zero-order valence-corrected chi connectivity index (χ0v) is 7.72. The zero-order chi connectivity index (χ0) is 8.85. The van der Waals surface area contributed by atoms with E-state index in [1.807, 2.05) is 21.0 Å². The molecule has 0 N–H and O–H groups in total. The average Bonchev–Trinajstić information content (AvgIpc) is 1.84. The largest absolute Gasteiger partial charge is 0.303 e. The second-order valence-corrected chi connectivity index (χ2v) is 2.75. The van der Waals surface area contributed by atoms with E-state index in [9.17, 15) is 4.79 Å². The van der Waals surface area contributed by atoms with Crippen LogP contribution >= 0.6 is 0 Å². The van der Waals surface area contributed by atoms with Crippen molar-refractivity contribution in [3.63, 3.8) is 0 Å². The topological polar surface area (TPSA) is 32.7 Å². The Bertz CT molecular complexity index is 161. The van der Waals surface area contributed by atoms with E-state index in [1.54, 1.807) is 11.9 Å². The Morgan fingerprint density at radius 3 is 2.27 bits per heavy atom. The standard InChI is InChI=1S/C8H16N2O/c1-5-8(6-7(2)11)9-10(3)4/h5-6H2,1-4H3. The summed E-state index contributed by atoms with van der Waals surface area (Å²) in [7, 11) is 3.71. The predicted octanol–water partition coefficient (Wildman–Crippen LogP) is 1.29. The Kier molecular flexibility index (Phi) is 4.50. The van der Waals surface area contributed by atoms with Crippen molar-refractivity contribution in [1.82, 2.24) is 5.01 Å². The van der Waals surface area contributed by atoms with E-state index in [0.29, 0.717) is 6.42 Å². The van der Waals surface area contributed by atoms with Gasteiger partial charge in [0.1, 0.15) is 5.78 Å². The molecule has 0 aromatic heterocycles. The first-order valence-corrected chi connectivity index (χ1v) is 3.79. The van der Waals surface area contributed by atoms with Gasteiger partial charge in [-0.1, -0.05) is 6.92 Å². The number of hydrazone groups is 1. The molecule has 0 bridgehead atoms. The molecule has 0 amide bonds. The minimum absolute atomic E-state index is 0.174.